The average Bonchev–Trinajstić information content (AvgIpc) is 3.06. The van der Waals surface area contributed by atoms with Crippen LogP contribution in [0.4, 0.5) is 0 Å². The number of esters is 2. The van der Waals surface area contributed by atoms with Crippen LogP contribution in [0.15, 0.2) is 18.2 Å². The lowest BCUT2D eigenvalue weighted by molar-refractivity contribution is -0.137. The summed E-state index contributed by atoms with van der Waals surface area (Å²) in [6.07, 6.45) is 0. The molecule has 2 aromatic rings. The van der Waals surface area contributed by atoms with E-state index in [9.17, 15) is 9.59 Å². The third kappa shape index (κ3) is 4.34. The number of carbonyl (C=O) groups is 2. The molecule has 1 aromatic carbocycles. The Labute approximate surface area is 145 Å². The maximum atomic E-state index is 12.0. The van der Waals surface area contributed by atoms with Gasteiger partial charge in [-0.05, 0) is 32.0 Å². The standard InChI is InChI=1S/C17H21N3O5/c1-5-23-13-9-11(7-8-12(13)25-16(21)10(3)4)14-15(19-20-18-14)17(22)24-6-2/h7-10H,5-6H2,1-4H3,(H,18,19,20). The fraction of sp³-hybridized carbons (Fsp3) is 0.412. The number of aromatic nitrogens is 3. The molecule has 1 heterocycles. The first-order valence-corrected chi connectivity index (χ1v) is 8.04. The lowest BCUT2D eigenvalue weighted by atomic mass is 10.1. The number of carbonyl (C=O) groups excluding carboxylic acids is 2. The molecule has 1 aromatic heterocycles. The van der Waals surface area contributed by atoms with Gasteiger partial charge in [0.25, 0.3) is 0 Å². The van der Waals surface area contributed by atoms with Crippen molar-refractivity contribution in [3.8, 4) is 22.8 Å². The van der Waals surface area contributed by atoms with E-state index in [1.165, 1.54) is 0 Å². The molecule has 0 amide bonds. The average molecular weight is 347 g/mol. The summed E-state index contributed by atoms with van der Waals surface area (Å²) >= 11 is 0. The van der Waals surface area contributed by atoms with Crippen molar-refractivity contribution in [2.75, 3.05) is 13.2 Å². The Morgan fingerprint density at radius 3 is 2.52 bits per heavy atom. The highest BCUT2D eigenvalue weighted by molar-refractivity contribution is 5.94. The SMILES string of the molecule is CCOC(=O)c1n[nH]nc1-c1ccc(OC(=O)C(C)C)c(OCC)c1. The molecule has 2 rings (SSSR count). The molecule has 1 N–H and O–H groups in total. The number of benzene rings is 1. The van der Waals surface area contributed by atoms with Gasteiger partial charge < -0.3 is 14.2 Å². The molecule has 8 nitrogen and oxygen atoms in total. The van der Waals surface area contributed by atoms with Crippen molar-refractivity contribution in [3.63, 3.8) is 0 Å². The summed E-state index contributed by atoms with van der Waals surface area (Å²) in [6, 6.07) is 4.92. The van der Waals surface area contributed by atoms with Crippen molar-refractivity contribution in [1.82, 2.24) is 15.4 Å². The van der Waals surface area contributed by atoms with Crippen LogP contribution in [0, 0.1) is 5.92 Å². The number of ether oxygens (including phenoxy) is 3. The second-order valence-electron chi connectivity index (χ2n) is 5.41. The van der Waals surface area contributed by atoms with Gasteiger partial charge in [0, 0.05) is 5.56 Å². The fourth-order valence-corrected chi connectivity index (χ4v) is 2.01. The minimum Gasteiger partial charge on any atom is -0.490 e. The van der Waals surface area contributed by atoms with E-state index in [1.54, 1.807) is 39.0 Å². The quantitative estimate of drug-likeness (QED) is 0.606. The molecule has 0 saturated heterocycles. The maximum absolute atomic E-state index is 12.0. The van der Waals surface area contributed by atoms with Crippen LogP contribution < -0.4 is 9.47 Å². The van der Waals surface area contributed by atoms with Crippen molar-refractivity contribution < 1.29 is 23.8 Å². The minimum absolute atomic E-state index is 0.0798. The molecule has 0 fully saturated rings. The van der Waals surface area contributed by atoms with Crippen LogP contribution in [0.25, 0.3) is 11.3 Å². The third-order valence-electron chi connectivity index (χ3n) is 3.22. The smallest absolute Gasteiger partial charge is 0.361 e. The summed E-state index contributed by atoms with van der Waals surface area (Å²) in [6.45, 7) is 7.65. The fourth-order valence-electron chi connectivity index (χ4n) is 2.01. The lowest BCUT2D eigenvalue weighted by Crippen LogP contribution is -2.15. The van der Waals surface area contributed by atoms with Crippen molar-refractivity contribution in [2.45, 2.75) is 27.7 Å². The third-order valence-corrected chi connectivity index (χ3v) is 3.22. The number of H-pyrrole nitrogens is 1. The zero-order chi connectivity index (χ0) is 18.4. The van der Waals surface area contributed by atoms with E-state index in [2.05, 4.69) is 15.4 Å². The number of nitrogens with zero attached hydrogens (tertiary/aromatic N) is 2. The van der Waals surface area contributed by atoms with Crippen molar-refractivity contribution in [1.29, 1.82) is 0 Å². The second kappa shape index (κ2) is 8.27. The monoisotopic (exact) mass is 347 g/mol. The summed E-state index contributed by atoms with van der Waals surface area (Å²) in [4.78, 5) is 23.8. The van der Waals surface area contributed by atoms with E-state index in [1.807, 2.05) is 6.92 Å². The molecule has 0 spiro atoms. The van der Waals surface area contributed by atoms with Gasteiger partial charge in [0.15, 0.2) is 17.2 Å². The van der Waals surface area contributed by atoms with Crippen LogP contribution in [0.3, 0.4) is 0 Å². The molecular weight excluding hydrogens is 326 g/mol. The van der Waals surface area contributed by atoms with Gasteiger partial charge in [0.2, 0.25) is 0 Å². The summed E-state index contributed by atoms with van der Waals surface area (Å²) < 4.78 is 15.9. The van der Waals surface area contributed by atoms with Gasteiger partial charge in [0.1, 0.15) is 5.69 Å². The first-order valence-electron chi connectivity index (χ1n) is 8.04. The first kappa shape index (κ1) is 18.4. The molecule has 0 unspecified atom stereocenters. The molecule has 0 aliphatic carbocycles. The van der Waals surface area contributed by atoms with Gasteiger partial charge in [-0.3, -0.25) is 4.79 Å². The van der Waals surface area contributed by atoms with Crippen LogP contribution in [0.5, 0.6) is 11.5 Å². The van der Waals surface area contributed by atoms with E-state index < -0.39 is 5.97 Å². The van der Waals surface area contributed by atoms with Crippen molar-refractivity contribution >= 4 is 11.9 Å². The van der Waals surface area contributed by atoms with Crippen molar-refractivity contribution in [3.05, 3.63) is 23.9 Å². The van der Waals surface area contributed by atoms with E-state index in [0.717, 1.165) is 0 Å². The van der Waals surface area contributed by atoms with Gasteiger partial charge >= 0.3 is 11.9 Å². The number of aromatic amines is 1. The van der Waals surface area contributed by atoms with Crippen LogP contribution in [-0.4, -0.2) is 40.6 Å². The first-order chi connectivity index (χ1) is 12.0. The number of hydrogen-bond acceptors (Lipinski definition) is 7. The highest BCUT2D eigenvalue weighted by Gasteiger charge is 2.21. The Hall–Kier alpha value is -2.90. The summed E-state index contributed by atoms with van der Waals surface area (Å²) in [5.41, 5.74) is 1.00. The Kier molecular flexibility index (Phi) is 6.10. The molecule has 8 heteroatoms. The van der Waals surface area contributed by atoms with E-state index in [0.29, 0.717) is 29.4 Å². The van der Waals surface area contributed by atoms with E-state index in [4.69, 9.17) is 14.2 Å². The highest BCUT2D eigenvalue weighted by atomic mass is 16.6. The van der Waals surface area contributed by atoms with Gasteiger partial charge in [-0.2, -0.15) is 10.3 Å². The van der Waals surface area contributed by atoms with Gasteiger partial charge in [-0.1, -0.05) is 13.8 Å². The van der Waals surface area contributed by atoms with E-state index >= 15 is 0 Å². The lowest BCUT2D eigenvalue weighted by Gasteiger charge is -2.13. The molecule has 25 heavy (non-hydrogen) atoms. The minimum atomic E-state index is -0.570. The van der Waals surface area contributed by atoms with Crippen LogP contribution >= 0.6 is 0 Å². The van der Waals surface area contributed by atoms with Gasteiger partial charge in [0.05, 0.1) is 19.1 Å². The zero-order valence-corrected chi connectivity index (χ0v) is 14.7. The molecular formula is C17H21N3O5. The Morgan fingerprint density at radius 1 is 1.12 bits per heavy atom. The van der Waals surface area contributed by atoms with Crippen LogP contribution in [0.2, 0.25) is 0 Å². The number of nitrogens with one attached hydrogen (secondary N) is 1. The number of hydrogen-bond donors (Lipinski definition) is 1. The Bertz CT molecular complexity index is 754. The molecule has 0 radical (unpaired) electrons. The predicted molar refractivity (Wildman–Crippen MR) is 89.4 cm³/mol. The summed E-state index contributed by atoms with van der Waals surface area (Å²) in [7, 11) is 0. The maximum Gasteiger partial charge on any atom is 0.361 e. The van der Waals surface area contributed by atoms with E-state index in [-0.39, 0.29) is 24.2 Å². The topological polar surface area (TPSA) is 103 Å². The normalized spacial score (nSPS) is 10.6. The van der Waals surface area contributed by atoms with Gasteiger partial charge in [-0.15, -0.1) is 5.10 Å². The van der Waals surface area contributed by atoms with Crippen LogP contribution in [0.1, 0.15) is 38.2 Å². The predicted octanol–water partition coefficient (Wildman–Crippen LogP) is 2.61. The zero-order valence-electron chi connectivity index (χ0n) is 14.7. The molecule has 0 atom stereocenters. The molecule has 134 valence electrons. The molecule has 0 aliphatic rings. The number of rotatable bonds is 7. The molecule has 0 aliphatic heterocycles. The summed E-state index contributed by atoms with van der Waals surface area (Å²) in [5.74, 6) is -0.501. The Balaban J connectivity index is 2.38. The largest absolute Gasteiger partial charge is 0.490 e. The van der Waals surface area contributed by atoms with Crippen molar-refractivity contribution in [2.24, 2.45) is 5.92 Å². The second-order valence-corrected chi connectivity index (χ2v) is 5.41. The molecule has 0 saturated carbocycles. The Morgan fingerprint density at radius 2 is 1.88 bits per heavy atom. The summed E-state index contributed by atoms with van der Waals surface area (Å²) in [5, 5.41) is 10.3. The van der Waals surface area contributed by atoms with Crippen LogP contribution in [-0.2, 0) is 9.53 Å². The highest BCUT2D eigenvalue weighted by Crippen LogP contribution is 2.33. The molecule has 0 bridgehead atoms. The van der Waals surface area contributed by atoms with Gasteiger partial charge in [-0.25, -0.2) is 4.79 Å².